The van der Waals surface area contributed by atoms with Crippen LogP contribution >= 0.6 is 0 Å². The molecule has 0 spiro atoms. The average Bonchev–Trinajstić information content (AvgIpc) is 3.16. The Bertz CT molecular complexity index is 603. The summed E-state index contributed by atoms with van der Waals surface area (Å²) in [4.78, 5) is 2.43. The Kier molecular flexibility index (Phi) is 4.59. The largest absolute Gasteiger partial charge is 0.371 e. The van der Waals surface area contributed by atoms with Crippen LogP contribution in [0.5, 0.6) is 0 Å². The molecule has 6 nitrogen and oxygen atoms in total. The lowest BCUT2D eigenvalue weighted by molar-refractivity contribution is -0.0329. The maximum Gasteiger partial charge on any atom is 0.0982 e. The highest BCUT2D eigenvalue weighted by atomic mass is 16.5. The van der Waals surface area contributed by atoms with Crippen LogP contribution < -0.4 is 0 Å². The van der Waals surface area contributed by atoms with Gasteiger partial charge in [-0.2, -0.15) is 10.2 Å². The SMILES string of the molecule is CCn1cc([C@H]2CN(Cc3cnn(C(C)C)c3)CCO2)cn1. The molecule has 0 radical (unpaired) electrons. The lowest BCUT2D eigenvalue weighted by Crippen LogP contribution is -2.37. The number of morpholine rings is 1. The van der Waals surface area contributed by atoms with Crippen LogP contribution in [0.25, 0.3) is 0 Å². The molecule has 1 atom stereocenters. The lowest BCUT2D eigenvalue weighted by Gasteiger charge is -2.32. The van der Waals surface area contributed by atoms with Gasteiger partial charge in [0.25, 0.3) is 0 Å². The highest BCUT2D eigenvalue weighted by molar-refractivity contribution is 5.11. The van der Waals surface area contributed by atoms with Gasteiger partial charge in [0.1, 0.15) is 0 Å². The Morgan fingerprint density at radius 1 is 1.27 bits per heavy atom. The maximum absolute atomic E-state index is 5.92. The molecule has 6 heteroatoms. The van der Waals surface area contributed by atoms with Gasteiger partial charge in [-0.1, -0.05) is 0 Å². The summed E-state index contributed by atoms with van der Waals surface area (Å²) in [5.74, 6) is 0. The fourth-order valence-electron chi connectivity index (χ4n) is 2.77. The van der Waals surface area contributed by atoms with Crippen LogP contribution in [-0.4, -0.2) is 44.2 Å². The zero-order valence-corrected chi connectivity index (χ0v) is 13.6. The molecule has 3 rings (SSSR count). The Labute approximate surface area is 131 Å². The van der Waals surface area contributed by atoms with Crippen LogP contribution in [-0.2, 0) is 17.8 Å². The highest BCUT2D eigenvalue weighted by Crippen LogP contribution is 2.23. The minimum absolute atomic E-state index is 0.120. The monoisotopic (exact) mass is 303 g/mol. The molecule has 2 aromatic heterocycles. The molecule has 22 heavy (non-hydrogen) atoms. The van der Waals surface area contributed by atoms with Gasteiger partial charge >= 0.3 is 0 Å². The van der Waals surface area contributed by atoms with Crippen molar-refractivity contribution in [2.75, 3.05) is 19.7 Å². The fraction of sp³-hybridized carbons (Fsp3) is 0.625. The molecule has 1 fully saturated rings. The molecule has 1 saturated heterocycles. The third-order valence-electron chi connectivity index (χ3n) is 4.09. The molecular weight excluding hydrogens is 278 g/mol. The number of aryl methyl sites for hydroxylation is 1. The molecule has 2 aromatic rings. The summed E-state index contributed by atoms with van der Waals surface area (Å²) in [6.07, 6.45) is 8.25. The van der Waals surface area contributed by atoms with E-state index in [0.29, 0.717) is 6.04 Å². The first-order valence-corrected chi connectivity index (χ1v) is 8.05. The Morgan fingerprint density at radius 2 is 2.14 bits per heavy atom. The number of hydrogen-bond donors (Lipinski definition) is 0. The molecule has 0 N–H and O–H groups in total. The molecule has 0 aliphatic carbocycles. The van der Waals surface area contributed by atoms with Crippen molar-refractivity contribution in [2.24, 2.45) is 0 Å². The van der Waals surface area contributed by atoms with Gasteiger partial charge in [0, 0.05) is 55.7 Å². The molecular formula is C16H25N5O. The minimum Gasteiger partial charge on any atom is -0.371 e. The highest BCUT2D eigenvalue weighted by Gasteiger charge is 2.23. The Hall–Kier alpha value is -1.66. The van der Waals surface area contributed by atoms with Gasteiger partial charge in [0.15, 0.2) is 0 Å². The van der Waals surface area contributed by atoms with Gasteiger partial charge in [-0.25, -0.2) is 0 Å². The molecule has 0 bridgehead atoms. The summed E-state index contributed by atoms with van der Waals surface area (Å²) in [5.41, 5.74) is 2.43. The van der Waals surface area contributed by atoms with E-state index in [1.54, 1.807) is 0 Å². The maximum atomic E-state index is 5.92. The van der Waals surface area contributed by atoms with Gasteiger partial charge < -0.3 is 4.74 Å². The number of nitrogens with zero attached hydrogens (tertiary/aromatic N) is 5. The molecule has 0 aromatic carbocycles. The van der Waals surface area contributed by atoms with E-state index in [1.165, 1.54) is 11.1 Å². The van der Waals surface area contributed by atoms with E-state index in [-0.39, 0.29) is 6.10 Å². The summed E-state index contributed by atoms with van der Waals surface area (Å²) in [7, 11) is 0. The summed E-state index contributed by atoms with van der Waals surface area (Å²) < 4.78 is 9.88. The number of rotatable bonds is 5. The van der Waals surface area contributed by atoms with Crippen molar-refractivity contribution in [3.63, 3.8) is 0 Å². The summed E-state index contributed by atoms with van der Waals surface area (Å²) in [6, 6.07) is 0.408. The predicted octanol–water partition coefficient (Wildman–Crippen LogP) is 2.25. The van der Waals surface area contributed by atoms with Crippen molar-refractivity contribution in [3.05, 3.63) is 35.9 Å². The van der Waals surface area contributed by atoms with Gasteiger partial charge in [-0.05, 0) is 20.8 Å². The van der Waals surface area contributed by atoms with Crippen molar-refractivity contribution in [2.45, 2.75) is 46.0 Å². The van der Waals surface area contributed by atoms with Crippen LogP contribution in [0, 0.1) is 0 Å². The van der Waals surface area contributed by atoms with Gasteiger partial charge in [-0.15, -0.1) is 0 Å². The van der Waals surface area contributed by atoms with Crippen molar-refractivity contribution in [1.29, 1.82) is 0 Å². The molecule has 1 aliphatic heterocycles. The van der Waals surface area contributed by atoms with Gasteiger partial charge in [0.05, 0.1) is 25.1 Å². The standard InChI is InChI=1S/C16H25N5O/c1-4-20-11-15(8-17-20)16-12-19(5-6-22-16)9-14-7-18-21(10-14)13(2)3/h7-8,10-11,13,16H,4-6,9,12H2,1-3H3/t16-/m1/s1. The summed E-state index contributed by atoms with van der Waals surface area (Å²) >= 11 is 0. The number of hydrogen-bond acceptors (Lipinski definition) is 4. The van der Waals surface area contributed by atoms with Crippen LogP contribution in [0.3, 0.4) is 0 Å². The van der Waals surface area contributed by atoms with E-state index in [1.807, 2.05) is 21.8 Å². The zero-order chi connectivity index (χ0) is 15.5. The van der Waals surface area contributed by atoms with Crippen molar-refractivity contribution in [3.8, 4) is 0 Å². The number of ether oxygens (including phenoxy) is 1. The summed E-state index contributed by atoms with van der Waals surface area (Å²) in [5, 5.41) is 8.76. The first kappa shape index (κ1) is 15.2. The molecule has 120 valence electrons. The van der Waals surface area contributed by atoms with E-state index >= 15 is 0 Å². The molecule has 3 heterocycles. The van der Waals surface area contributed by atoms with Crippen LogP contribution in [0.4, 0.5) is 0 Å². The van der Waals surface area contributed by atoms with Crippen molar-refractivity contribution >= 4 is 0 Å². The van der Waals surface area contributed by atoms with Crippen molar-refractivity contribution in [1.82, 2.24) is 24.5 Å². The van der Waals surface area contributed by atoms with Crippen LogP contribution in [0.2, 0.25) is 0 Å². The normalized spacial score (nSPS) is 19.9. The molecule has 0 unspecified atom stereocenters. The molecule has 0 amide bonds. The van der Waals surface area contributed by atoms with Crippen LogP contribution in [0.1, 0.15) is 44.0 Å². The first-order valence-electron chi connectivity index (χ1n) is 8.05. The minimum atomic E-state index is 0.120. The van der Waals surface area contributed by atoms with Crippen molar-refractivity contribution < 1.29 is 4.74 Å². The lowest BCUT2D eigenvalue weighted by atomic mass is 10.1. The zero-order valence-electron chi connectivity index (χ0n) is 13.6. The molecule has 0 saturated carbocycles. The van der Waals surface area contributed by atoms with Crippen LogP contribution in [0.15, 0.2) is 24.8 Å². The smallest absolute Gasteiger partial charge is 0.0982 e. The quantitative estimate of drug-likeness (QED) is 0.850. The van der Waals surface area contributed by atoms with E-state index in [0.717, 1.165) is 32.8 Å². The predicted molar refractivity (Wildman–Crippen MR) is 84.5 cm³/mol. The second-order valence-corrected chi connectivity index (χ2v) is 6.15. The fourth-order valence-corrected chi connectivity index (χ4v) is 2.77. The second kappa shape index (κ2) is 6.62. The Morgan fingerprint density at radius 3 is 2.82 bits per heavy atom. The van der Waals surface area contributed by atoms with E-state index in [4.69, 9.17) is 4.74 Å². The third-order valence-corrected chi connectivity index (χ3v) is 4.09. The van der Waals surface area contributed by atoms with E-state index < -0.39 is 0 Å². The van der Waals surface area contributed by atoms with Gasteiger partial charge in [-0.3, -0.25) is 14.3 Å². The second-order valence-electron chi connectivity index (χ2n) is 6.15. The van der Waals surface area contributed by atoms with E-state index in [9.17, 15) is 0 Å². The topological polar surface area (TPSA) is 48.1 Å². The molecule has 1 aliphatic rings. The average molecular weight is 303 g/mol. The Balaban J connectivity index is 1.62. The third kappa shape index (κ3) is 3.39. The number of aromatic nitrogens is 4. The van der Waals surface area contributed by atoms with E-state index in [2.05, 4.69) is 48.3 Å². The first-order chi connectivity index (χ1) is 10.7. The van der Waals surface area contributed by atoms with Gasteiger partial charge in [0.2, 0.25) is 0 Å². The summed E-state index contributed by atoms with van der Waals surface area (Å²) in [6.45, 7) is 10.8.